The Kier molecular flexibility index (Phi) is 5.72. The number of fused-ring (bicyclic) bond motifs is 1. The summed E-state index contributed by atoms with van der Waals surface area (Å²) >= 11 is 0. The fourth-order valence-electron chi connectivity index (χ4n) is 6.71. The Hall–Kier alpha value is -2.45. The first kappa shape index (κ1) is 23.3. The van der Waals surface area contributed by atoms with Crippen LogP contribution in [0.15, 0.2) is 23.1 Å². The Labute approximate surface area is 194 Å². The van der Waals surface area contributed by atoms with Crippen LogP contribution in [0.2, 0.25) is 0 Å². The number of aromatic nitrogens is 2. The molecular formula is C25H29F4N3O2. The number of halogens is 4. The van der Waals surface area contributed by atoms with Crippen molar-refractivity contribution in [2.75, 3.05) is 0 Å². The number of nitrogens with one attached hydrogen (secondary N) is 1. The molecule has 0 aliphatic heterocycles. The smallest absolute Gasteiger partial charge is 0.268 e. The Morgan fingerprint density at radius 1 is 1.00 bits per heavy atom. The molecule has 3 atom stereocenters. The van der Waals surface area contributed by atoms with Gasteiger partial charge in [-0.2, -0.15) is 0 Å². The van der Waals surface area contributed by atoms with E-state index in [4.69, 9.17) is 5.73 Å². The topological polar surface area (TPSA) is 88.8 Å². The van der Waals surface area contributed by atoms with Gasteiger partial charge in [0.1, 0.15) is 5.69 Å². The number of alkyl halides is 4. The van der Waals surface area contributed by atoms with Gasteiger partial charge in [0, 0.05) is 49.6 Å². The first-order valence-electron chi connectivity index (χ1n) is 12.1. The number of nitrogens with two attached hydrogens (primary N) is 1. The van der Waals surface area contributed by atoms with Crippen LogP contribution in [0.3, 0.4) is 0 Å². The van der Waals surface area contributed by atoms with E-state index in [0.717, 1.165) is 6.42 Å². The number of carbonyl (C=O) groups is 1. The molecule has 0 spiro atoms. The molecule has 3 saturated carbocycles. The van der Waals surface area contributed by atoms with Crippen LogP contribution in [0.25, 0.3) is 10.9 Å². The SMILES string of the molecule is NC(=O)c1nccc2[nH]c(C3CC[C@H](C4CC(F)(F)C4)CC3C3CCC(F)(F)CC3)cc(=O)c12. The van der Waals surface area contributed by atoms with Crippen LogP contribution in [-0.2, 0) is 0 Å². The maximum atomic E-state index is 13.9. The predicted octanol–water partition coefficient (Wildman–Crippen LogP) is 5.39. The van der Waals surface area contributed by atoms with E-state index in [9.17, 15) is 27.2 Å². The van der Waals surface area contributed by atoms with Crippen LogP contribution in [-0.4, -0.2) is 27.7 Å². The fraction of sp³-hybridized carbons (Fsp3) is 0.640. The summed E-state index contributed by atoms with van der Waals surface area (Å²) in [7, 11) is 0. The second-order valence-electron chi connectivity index (χ2n) is 10.6. The summed E-state index contributed by atoms with van der Waals surface area (Å²) in [5, 5.41) is 0.137. The second-order valence-corrected chi connectivity index (χ2v) is 10.6. The Bertz CT molecular complexity index is 1150. The van der Waals surface area contributed by atoms with Gasteiger partial charge in [-0.25, -0.2) is 17.6 Å². The minimum absolute atomic E-state index is 0.0247. The van der Waals surface area contributed by atoms with Gasteiger partial charge in [-0.3, -0.25) is 14.6 Å². The fourth-order valence-corrected chi connectivity index (χ4v) is 6.71. The van der Waals surface area contributed by atoms with Crippen LogP contribution >= 0.6 is 0 Å². The van der Waals surface area contributed by atoms with Crippen LogP contribution in [0.1, 0.15) is 79.9 Å². The number of carbonyl (C=O) groups excluding carboxylic acids is 1. The van der Waals surface area contributed by atoms with E-state index >= 15 is 0 Å². The number of H-pyrrole nitrogens is 1. The number of hydrogen-bond donors (Lipinski definition) is 2. The molecule has 2 unspecified atom stereocenters. The predicted molar refractivity (Wildman–Crippen MR) is 119 cm³/mol. The molecule has 3 aliphatic rings. The van der Waals surface area contributed by atoms with Gasteiger partial charge in [0.05, 0.1) is 10.9 Å². The van der Waals surface area contributed by atoms with E-state index in [1.807, 2.05) is 0 Å². The highest BCUT2D eigenvalue weighted by atomic mass is 19.3. The monoisotopic (exact) mass is 479 g/mol. The van der Waals surface area contributed by atoms with Crippen LogP contribution in [0, 0.1) is 23.7 Å². The van der Waals surface area contributed by atoms with Gasteiger partial charge in [-0.05, 0) is 61.8 Å². The van der Waals surface area contributed by atoms with Crippen molar-refractivity contribution >= 4 is 16.8 Å². The summed E-state index contributed by atoms with van der Waals surface area (Å²) in [4.78, 5) is 32.0. The van der Waals surface area contributed by atoms with E-state index in [0.29, 0.717) is 36.9 Å². The lowest BCUT2D eigenvalue weighted by Gasteiger charge is -2.48. The van der Waals surface area contributed by atoms with Crippen molar-refractivity contribution in [3.05, 3.63) is 39.9 Å². The second kappa shape index (κ2) is 8.34. The van der Waals surface area contributed by atoms with Gasteiger partial charge in [0.15, 0.2) is 5.43 Å². The average molecular weight is 480 g/mol. The number of pyridine rings is 2. The van der Waals surface area contributed by atoms with Crippen molar-refractivity contribution in [3.63, 3.8) is 0 Å². The van der Waals surface area contributed by atoms with Crippen molar-refractivity contribution in [2.24, 2.45) is 29.4 Å². The molecule has 2 aromatic rings. The summed E-state index contributed by atoms with van der Waals surface area (Å²) in [6.45, 7) is 0. The average Bonchev–Trinajstić information content (AvgIpc) is 2.76. The van der Waals surface area contributed by atoms with Crippen molar-refractivity contribution in [3.8, 4) is 0 Å². The molecule has 0 radical (unpaired) electrons. The third-order valence-electron chi connectivity index (χ3n) is 8.49. The van der Waals surface area contributed by atoms with Crippen molar-refractivity contribution in [1.29, 1.82) is 0 Å². The maximum Gasteiger partial charge on any atom is 0.268 e. The number of primary amides is 1. The molecule has 5 nitrogen and oxygen atoms in total. The molecule has 3 aliphatic carbocycles. The van der Waals surface area contributed by atoms with E-state index in [-0.39, 0.29) is 71.8 Å². The molecule has 2 heterocycles. The highest BCUT2D eigenvalue weighted by Gasteiger charge is 2.51. The summed E-state index contributed by atoms with van der Waals surface area (Å²) in [5.41, 5.74) is 6.10. The lowest BCUT2D eigenvalue weighted by Crippen LogP contribution is -2.43. The van der Waals surface area contributed by atoms with Crippen molar-refractivity contribution < 1.29 is 22.4 Å². The molecule has 2 aromatic heterocycles. The van der Waals surface area contributed by atoms with E-state index in [1.54, 1.807) is 6.07 Å². The largest absolute Gasteiger partial charge is 0.364 e. The quantitative estimate of drug-likeness (QED) is 0.576. The van der Waals surface area contributed by atoms with Gasteiger partial charge >= 0.3 is 0 Å². The molecule has 0 bridgehead atoms. The number of aromatic amines is 1. The highest BCUT2D eigenvalue weighted by molar-refractivity contribution is 6.03. The molecular weight excluding hydrogens is 450 g/mol. The first-order valence-corrected chi connectivity index (χ1v) is 12.1. The first-order chi connectivity index (χ1) is 16.0. The minimum Gasteiger partial charge on any atom is -0.364 e. The van der Waals surface area contributed by atoms with Gasteiger partial charge in [0.25, 0.3) is 5.91 Å². The molecule has 0 aromatic carbocycles. The van der Waals surface area contributed by atoms with Crippen LogP contribution in [0.5, 0.6) is 0 Å². The lowest BCUT2D eigenvalue weighted by molar-refractivity contribution is -0.134. The lowest BCUT2D eigenvalue weighted by atomic mass is 9.59. The zero-order chi connectivity index (χ0) is 24.3. The summed E-state index contributed by atoms with van der Waals surface area (Å²) in [5.74, 6) is -5.85. The zero-order valence-corrected chi connectivity index (χ0v) is 18.8. The van der Waals surface area contributed by atoms with Crippen molar-refractivity contribution in [1.82, 2.24) is 9.97 Å². The number of hydrogen-bond acceptors (Lipinski definition) is 3. The Morgan fingerprint density at radius 3 is 2.35 bits per heavy atom. The number of nitrogens with zero attached hydrogens (tertiary/aromatic N) is 1. The molecule has 3 N–H and O–H groups in total. The standard InChI is InChI=1S/C25H29F4N3O2/c26-24(27)6-3-13(4-7-24)17-9-14(15-11-25(28,29)12-15)1-2-16(17)19-10-20(33)21-18(32-19)5-8-31-22(21)23(30)34/h5,8,10,13-17H,1-4,6-7,9,11-12H2,(H2,30,34)(H,32,33)/t14-,16?,17?/m0/s1. The van der Waals surface area contributed by atoms with Gasteiger partial charge in [-0.1, -0.05) is 0 Å². The van der Waals surface area contributed by atoms with Crippen LogP contribution in [0.4, 0.5) is 17.6 Å². The Morgan fingerprint density at radius 2 is 1.71 bits per heavy atom. The molecule has 0 saturated heterocycles. The van der Waals surface area contributed by atoms with Crippen LogP contribution < -0.4 is 11.2 Å². The molecule has 5 rings (SSSR count). The molecule has 1 amide bonds. The molecule has 34 heavy (non-hydrogen) atoms. The Balaban J connectivity index is 1.47. The summed E-state index contributed by atoms with van der Waals surface area (Å²) < 4.78 is 54.8. The number of amides is 1. The highest BCUT2D eigenvalue weighted by Crippen LogP contribution is 2.55. The third kappa shape index (κ3) is 4.33. The molecule has 184 valence electrons. The van der Waals surface area contributed by atoms with Gasteiger partial charge in [0.2, 0.25) is 11.8 Å². The maximum absolute atomic E-state index is 13.9. The summed E-state index contributed by atoms with van der Waals surface area (Å²) in [6.07, 6.45) is 3.91. The van der Waals surface area contributed by atoms with Gasteiger partial charge < -0.3 is 10.7 Å². The normalized spacial score (nSPS) is 29.6. The third-order valence-corrected chi connectivity index (χ3v) is 8.49. The van der Waals surface area contributed by atoms with E-state index < -0.39 is 17.8 Å². The zero-order valence-electron chi connectivity index (χ0n) is 18.8. The number of rotatable bonds is 4. The van der Waals surface area contributed by atoms with E-state index in [1.165, 1.54) is 12.3 Å². The minimum atomic E-state index is -2.65. The van der Waals surface area contributed by atoms with Gasteiger partial charge in [-0.15, -0.1) is 0 Å². The molecule has 3 fully saturated rings. The van der Waals surface area contributed by atoms with E-state index in [2.05, 4.69) is 9.97 Å². The summed E-state index contributed by atoms with van der Waals surface area (Å²) in [6, 6.07) is 3.09. The molecule has 9 heteroatoms. The van der Waals surface area contributed by atoms with Crippen molar-refractivity contribution in [2.45, 2.75) is 75.6 Å².